The molecule has 2 saturated carbocycles. The summed E-state index contributed by atoms with van der Waals surface area (Å²) < 4.78 is 36.1. The zero-order chi connectivity index (χ0) is 30.2. The van der Waals surface area contributed by atoms with Crippen LogP contribution in [0.4, 0.5) is 4.79 Å². The van der Waals surface area contributed by atoms with Gasteiger partial charge in [0.25, 0.3) is 0 Å². The van der Waals surface area contributed by atoms with E-state index in [-0.39, 0.29) is 6.61 Å². The van der Waals surface area contributed by atoms with Gasteiger partial charge in [-0.1, -0.05) is 51.1 Å². The minimum atomic E-state index is -2.43. The number of nitrogens with one attached hydrogen (secondary N) is 1. The Hall–Kier alpha value is -3.26. The first-order chi connectivity index (χ1) is 19.8. The van der Waals surface area contributed by atoms with Crippen molar-refractivity contribution in [2.45, 2.75) is 82.3 Å². The van der Waals surface area contributed by atoms with E-state index in [0.717, 1.165) is 5.56 Å². The molecule has 6 fully saturated rings. The van der Waals surface area contributed by atoms with Gasteiger partial charge in [0.05, 0.1) is 24.0 Å². The maximum absolute atomic E-state index is 14.1. The molecule has 12 atom stereocenters. The smallest absolute Gasteiger partial charge is 0.407 e. The first-order valence-corrected chi connectivity index (χ1v) is 14.0. The van der Waals surface area contributed by atoms with E-state index in [1.807, 2.05) is 39.0 Å². The lowest BCUT2D eigenvalue weighted by Crippen LogP contribution is -2.67. The lowest BCUT2D eigenvalue weighted by atomic mass is 9.50. The number of aliphatic hydroxyl groups is 2. The Kier molecular flexibility index (Phi) is 5.39. The number of fused-ring (bicyclic) bond motifs is 1. The predicted octanol–water partition coefficient (Wildman–Crippen LogP) is 0.190. The van der Waals surface area contributed by atoms with Gasteiger partial charge in [0.15, 0.2) is 23.9 Å². The molecule has 13 heteroatoms. The molecule has 13 nitrogen and oxygen atoms in total. The summed E-state index contributed by atoms with van der Waals surface area (Å²) in [4.78, 5) is 53.7. The molecular weight excluding hydrogens is 554 g/mol. The normalized spacial score (nSPS) is 47.7. The van der Waals surface area contributed by atoms with Gasteiger partial charge in [-0.2, -0.15) is 0 Å². The van der Waals surface area contributed by atoms with Crippen LogP contribution in [0.5, 0.6) is 0 Å². The molecule has 7 unspecified atom stereocenters. The molecule has 0 radical (unpaired) electrons. The quantitative estimate of drug-likeness (QED) is 0.323. The lowest BCUT2D eigenvalue weighted by molar-refractivity contribution is -0.240. The Morgan fingerprint density at radius 3 is 2.38 bits per heavy atom. The highest BCUT2D eigenvalue weighted by molar-refractivity contribution is 5.94. The number of rotatable bonds is 4. The fourth-order valence-corrected chi connectivity index (χ4v) is 9.49. The minimum absolute atomic E-state index is 0.0510. The zero-order valence-corrected chi connectivity index (χ0v) is 23.7. The molecule has 0 aromatic heterocycles. The third-order valence-corrected chi connectivity index (χ3v) is 10.6. The van der Waals surface area contributed by atoms with E-state index in [2.05, 4.69) is 5.32 Å². The Balaban J connectivity index is 1.53. The fourth-order valence-electron chi connectivity index (χ4n) is 9.49. The molecule has 3 N–H and O–H groups in total. The average molecular weight is 588 g/mol. The van der Waals surface area contributed by atoms with Gasteiger partial charge in [0, 0.05) is 13.0 Å². The monoisotopic (exact) mass is 587 g/mol. The zero-order valence-electron chi connectivity index (χ0n) is 23.7. The number of hydrogen-bond acceptors (Lipinski definition) is 12. The van der Waals surface area contributed by atoms with Crippen LogP contribution in [-0.2, 0) is 49.4 Å². The molecule has 6 aliphatic rings. The lowest BCUT2D eigenvalue weighted by Gasteiger charge is -2.48. The number of esters is 3. The summed E-state index contributed by atoms with van der Waals surface area (Å²) in [6.07, 6.45) is -10.1. The van der Waals surface area contributed by atoms with Crippen molar-refractivity contribution < 1.29 is 57.8 Å². The van der Waals surface area contributed by atoms with Crippen LogP contribution >= 0.6 is 0 Å². The summed E-state index contributed by atoms with van der Waals surface area (Å²) >= 11 is 0. The third kappa shape index (κ3) is 2.62. The van der Waals surface area contributed by atoms with E-state index in [9.17, 15) is 29.4 Å². The largest absolute Gasteiger partial charge is 0.456 e. The standard InChI is InChI=1S/C29H33NO12/c1-12-20(32)38-18-17(40-24(35)30-5)27-16-14(31)15(25(2,3)4)26(27)19(37-11-13-9-7-6-8-10-13)21(33)41-23(26)42-29(27,22(34)39-16)28(12,18)36/h6-10,12,14-19,23,31,36H,11H2,1-5H3,(H,30,35)/t12-,14-,15?,16?,17+,18?,19+,23?,26?,27?,28-,29?/m1/s1. The van der Waals surface area contributed by atoms with Gasteiger partial charge in [-0.05, 0) is 17.9 Å². The molecule has 2 spiro atoms. The Labute approximate surface area is 240 Å². The third-order valence-electron chi connectivity index (χ3n) is 10.6. The SMILES string of the molecule is CNC(=O)O[C@H]1C2OC(=O)[C@@H](C)[C@]2(O)C23OC4OC(=O)[C@H](OCc5ccccc5)C45C(C(C)(C)C)[C@@H](O)C(OC2=O)C153. The van der Waals surface area contributed by atoms with Crippen molar-refractivity contribution in [2.24, 2.45) is 28.1 Å². The maximum Gasteiger partial charge on any atom is 0.407 e. The molecule has 42 heavy (non-hydrogen) atoms. The highest BCUT2D eigenvalue weighted by Crippen LogP contribution is 2.85. The van der Waals surface area contributed by atoms with Crippen LogP contribution in [0.3, 0.4) is 0 Å². The van der Waals surface area contributed by atoms with Gasteiger partial charge in [-0.15, -0.1) is 0 Å². The molecule has 4 heterocycles. The van der Waals surface area contributed by atoms with Crippen LogP contribution in [0.25, 0.3) is 0 Å². The number of hydrogen-bond donors (Lipinski definition) is 3. The second kappa shape index (κ2) is 8.22. The van der Waals surface area contributed by atoms with Crippen LogP contribution < -0.4 is 5.32 Å². The summed E-state index contributed by atoms with van der Waals surface area (Å²) in [6, 6.07) is 9.06. The summed E-state index contributed by atoms with van der Waals surface area (Å²) in [6.45, 7) is 6.84. The van der Waals surface area contributed by atoms with E-state index in [4.69, 9.17) is 28.4 Å². The topological polar surface area (TPSA) is 176 Å². The van der Waals surface area contributed by atoms with Crippen LogP contribution in [0.15, 0.2) is 30.3 Å². The number of benzene rings is 1. The average Bonchev–Trinajstić information content (AvgIpc) is 3.63. The predicted molar refractivity (Wildman–Crippen MR) is 136 cm³/mol. The molecule has 1 aromatic rings. The van der Waals surface area contributed by atoms with Crippen LogP contribution in [0.1, 0.15) is 33.3 Å². The summed E-state index contributed by atoms with van der Waals surface area (Å²) in [5.74, 6) is -5.00. The number of alkyl carbamates (subject to hydrolysis) is 1. The van der Waals surface area contributed by atoms with E-state index < -0.39 is 100 Å². The number of carbonyl (C=O) groups is 4. The van der Waals surface area contributed by atoms with E-state index in [1.54, 1.807) is 12.1 Å². The molecule has 4 saturated heterocycles. The second-order valence-electron chi connectivity index (χ2n) is 13.2. The van der Waals surface area contributed by atoms with Crippen LogP contribution in [0, 0.1) is 28.1 Å². The molecule has 0 bridgehead atoms. The van der Waals surface area contributed by atoms with E-state index in [0.29, 0.717) is 0 Å². The summed E-state index contributed by atoms with van der Waals surface area (Å²) in [5.41, 5.74) is -8.66. The van der Waals surface area contributed by atoms with E-state index in [1.165, 1.54) is 14.0 Å². The molecule has 4 aliphatic heterocycles. The van der Waals surface area contributed by atoms with Gasteiger partial charge in [0.1, 0.15) is 11.5 Å². The summed E-state index contributed by atoms with van der Waals surface area (Å²) in [7, 11) is 1.32. The van der Waals surface area contributed by atoms with Crippen molar-refractivity contribution in [3.63, 3.8) is 0 Å². The first-order valence-electron chi connectivity index (χ1n) is 14.0. The van der Waals surface area contributed by atoms with Crippen molar-refractivity contribution in [3.8, 4) is 0 Å². The maximum atomic E-state index is 14.1. The van der Waals surface area contributed by atoms with Crippen molar-refractivity contribution >= 4 is 24.0 Å². The molecule has 2 aliphatic carbocycles. The highest BCUT2D eigenvalue weighted by atomic mass is 16.8. The highest BCUT2D eigenvalue weighted by Gasteiger charge is 3.06. The fraction of sp³-hybridized carbons (Fsp3) is 0.655. The van der Waals surface area contributed by atoms with Gasteiger partial charge >= 0.3 is 24.0 Å². The summed E-state index contributed by atoms with van der Waals surface area (Å²) in [5, 5.41) is 27.0. The second-order valence-corrected chi connectivity index (χ2v) is 13.2. The van der Waals surface area contributed by atoms with Crippen LogP contribution in [0.2, 0.25) is 0 Å². The molecule has 7 rings (SSSR count). The Morgan fingerprint density at radius 2 is 1.74 bits per heavy atom. The molecule has 1 aromatic carbocycles. The van der Waals surface area contributed by atoms with Crippen molar-refractivity contribution in [2.75, 3.05) is 7.05 Å². The Bertz CT molecular complexity index is 1390. The van der Waals surface area contributed by atoms with Gasteiger partial charge in [0.2, 0.25) is 11.9 Å². The first kappa shape index (κ1) is 27.6. The molecule has 226 valence electrons. The van der Waals surface area contributed by atoms with Crippen molar-refractivity contribution in [1.29, 1.82) is 0 Å². The minimum Gasteiger partial charge on any atom is -0.456 e. The van der Waals surface area contributed by atoms with Crippen molar-refractivity contribution in [1.82, 2.24) is 5.32 Å². The number of carbonyl (C=O) groups excluding carboxylic acids is 4. The van der Waals surface area contributed by atoms with Gasteiger partial charge in [-0.3, -0.25) is 4.79 Å². The van der Waals surface area contributed by atoms with Crippen molar-refractivity contribution in [3.05, 3.63) is 35.9 Å². The molecule has 1 amide bonds. The van der Waals surface area contributed by atoms with Gasteiger partial charge in [-0.25, -0.2) is 14.4 Å². The Morgan fingerprint density at radius 1 is 1.05 bits per heavy atom. The van der Waals surface area contributed by atoms with Gasteiger partial charge < -0.3 is 44.0 Å². The van der Waals surface area contributed by atoms with Crippen LogP contribution in [-0.4, -0.2) is 89.3 Å². The van der Waals surface area contributed by atoms with E-state index >= 15 is 0 Å². The number of aliphatic hydroxyl groups excluding tert-OH is 1. The molecular formula is C29H33NO12. The number of ether oxygens (including phenoxy) is 6. The number of amides is 1.